The smallest absolute Gasteiger partial charge is 0.175 e. The fourth-order valence-corrected chi connectivity index (χ4v) is 2.72. The number of rotatable bonds is 5. The lowest BCUT2D eigenvalue weighted by Gasteiger charge is -2.31. The third kappa shape index (κ3) is 3.51. The minimum absolute atomic E-state index is 0.466. The van der Waals surface area contributed by atoms with Crippen molar-refractivity contribution in [2.45, 2.75) is 25.8 Å². The van der Waals surface area contributed by atoms with E-state index in [9.17, 15) is 0 Å². The molecule has 3 heterocycles. The monoisotopic (exact) mass is 298 g/mol. The highest BCUT2D eigenvalue weighted by atomic mass is 15.3. The average molecular weight is 298 g/mol. The summed E-state index contributed by atoms with van der Waals surface area (Å²) in [6, 6.07) is 6.32. The molecule has 6 heteroatoms. The zero-order valence-electron chi connectivity index (χ0n) is 12.9. The molecule has 2 aromatic heterocycles. The van der Waals surface area contributed by atoms with Gasteiger partial charge in [-0.25, -0.2) is 4.68 Å². The van der Waals surface area contributed by atoms with Crippen molar-refractivity contribution in [3.05, 3.63) is 42.7 Å². The van der Waals surface area contributed by atoms with E-state index in [1.54, 1.807) is 4.68 Å². The largest absolute Gasteiger partial charge is 0.366 e. The summed E-state index contributed by atoms with van der Waals surface area (Å²) >= 11 is 0. The van der Waals surface area contributed by atoms with Crippen molar-refractivity contribution < 1.29 is 0 Å². The minimum Gasteiger partial charge on any atom is -0.366 e. The molecule has 22 heavy (non-hydrogen) atoms. The summed E-state index contributed by atoms with van der Waals surface area (Å²) in [4.78, 5) is 2.42. The summed E-state index contributed by atoms with van der Waals surface area (Å²) in [5, 5.41) is 16.3. The molecule has 3 rings (SSSR count). The Morgan fingerprint density at radius 2 is 2.09 bits per heavy atom. The molecule has 1 aliphatic heterocycles. The van der Waals surface area contributed by atoms with Crippen molar-refractivity contribution in [3.63, 3.8) is 0 Å². The molecular weight excluding hydrogens is 276 g/mol. The van der Waals surface area contributed by atoms with Crippen molar-refractivity contribution in [3.8, 4) is 5.82 Å². The number of nitrogens with one attached hydrogen (secondary N) is 1. The van der Waals surface area contributed by atoms with E-state index in [1.807, 2.05) is 37.4 Å². The molecule has 0 spiro atoms. The maximum atomic E-state index is 4.33. The Morgan fingerprint density at radius 3 is 2.68 bits per heavy atom. The van der Waals surface area contributed by atoms with E-state index in [-0.39, 0.29) is 0 Å². The second-order valence-corrected chi connectivity index (χ2v) is 5.69. The third-order valence-corrected chi connectivity index (χ3v) is 3.93. The molecular formula is C16H22N6. The molecule has 0 amide bonds. The van der Waals surface area contributed by atoms with Gasteiger partial charge in [0.1, 0.15) is 5.82 Å². The molecule has 0 aromatic carbocycles. The standard InChI is InChI=1S/C16H22N6/c1-3-9-21-10-7-14(8-11-21)17-15-4-5-16(19-18-15)22-12-6-13(2)20-22/h3-6,12,14H,1,7-11H2,2H3,(H,17,18). The molecule has 116 valence electrons. The Labute approximate surface area is 130 Å². The van der Waals surface area contributed by atoms with Crippen molar-refractivity contribution >= 4 is 5.82 Å². The van der Waals surface area contributed by atoms with Crippen molar-refractivity contribution in [1.82, 2.24) is 24.9 Å². The predicted octanol–water partition coefficient (Wildman–Crippen LogP) is 2.03. The van der Waals surface area contributed by atoms with Gasteiger partial charge in [0.2, 0.25) is 0 Å². The lowest BCUT2D eigenvalue weighted by molar-refractivity contribution is 0.240. The Hall–Kier alpha value is -2.21. The normalized spacial score (nSPS) is 16.6. The summed E-state index contributed by atoms with van der Waals surface area (Å²) in [5.74, 6) is 1.56. The zero-order chi connectivity index (χ0) is 15.4. The highest BCUT2D eigenvalue weighted by Crippen LogP contribution is 2.15. The molecule has 1 aliphatic rings. The van der Waals surface area contributed by atoms with Crippen LogP contribution in [0.3, 0.4) is 0 Å². The SMILES string of the molecule is C=CCN1CCC(Nc2ccc(-n3ccc(C)n3)nn2)CC1. The van der Waals surface area contributed by atoms with E-state index in [4.69, 9.17) is 0 Å². The van der Waals surface area contributed by atoms with Crippen LogP contribution < -0.4 is 5.32 Å². The second kappa shape index (κ2) is 6.70. The predicted molar refractivity (Wildman–Crippen MR) is 87.2 cm³/mol. The number of aromatic nitrogens is 4. The van der Waals surface area contributed by atoms with Crippen LogP contribution >= 0.6 is 0 Å². The molecule has 1 saturated heterocycles. The summed E-state index contributed by atoms with van der Waals surface area (Å²) in [5.41, 5.74) is 0.968. The Bertz CT molecular complexity index is 610. The van der Waals surface area contributed by atoms with Crippen LogP contribution in [0.4, 0.5) is 5.82 Å². The minimum atomic E-state index is 0.466. The van der Waals surface area contributed by atoms with Crippen molar-refractivity contribution in [1.29, 1.82) is 0 Å². The number of hydrogen-bond donors (Lipinski definition) is 1. The molecule has 1 fully saturated rings. The molecule has 0 radical (unpaired) electrons. The topological polar surface area (TPSA) is 58.9 Å². The molecule has 1 N–H and O–H groups in total. The molecule has 0 saturated carbocycles. The van der Waals surface area contributed by atoms with Gasteiger partial charge in [-0.3, -0.25) is 4.90 Å². The van der Waals surface area contributed by atoms with Gasteiger partial charge in [0.05, 0.1) is 5.69 Å². The van der Waals surface area contributed by atoms with Gasteiger partial charge in [0.25, 0.3) is 0 Å². The van der Waals surface area contributed by atoms with Crippen molar-refractivity contribution in [2.24, 2.45) is 0 Å². The number of aryl methyl sites for hydroxylation is 1. The fourth-order valence-electron chi connectivity index (χ4n) is 2.72. The van der Waals surface area contributed by atoms with Gasteiger partial charge in [-0.15, -0.1) is 16.8 Å². The Balaban J connectivity index is 1.56. The van der Waals surface area contributed by atoms with Gasteiger partial charge >= 0.3 is 0 Å². The van der Waals surface area contributed by atoms with Gasteiger partial charge in [0, 0.05) is 31.9 Å². The number of nitrogens with zero attached hydrogens (tertiary/aromatic N) is 5. The first-order valence-electron chi connectivity index (χ1n) is 7.71. The highest BCUT2D eigenvalue weighted by molar-refractivity contribution is 5.37. The quantitative estimate of drug-likeness (QED) is 0.856. The Morgan fingerprint density at radius 1 is 1.27 bits per heavy atom. The van der Waals surface area contributed by atoms with Crippen molar-refractivity contribution in [2.75, 3.05) is 25.0 Å². The molecule has 6 nitrogen and oxygen atoms in total. The van der Waals surface area contributed by atoms with Crippen LogP contribution in [-0.4, -0.2) is 50.6 Å². The van der Waals surface area contributed by atoms with Crippen LogP contribution in [-0.2, 0) is 0 Å². The van der Waals surface area contributed by atoms with E-state index in [2.05, 4.69) is 32.1 Å². The first kappa shape index (κ1) is 14.7. The molecule has 2 aromatic rings. The lowest BCUT2D eigenvalue weighted by atomic mass is 10.1. The molecule has 0 atom stereocenters. The van der Waals surface area contributed by atoms with Gasteiger partial charge in [0.15, 0.2) is 5.82 Å². The molecule has 0 unspecified atom stereocenters. The van der Waals surface area contributed by atoms with Crippen LogP contribution in [0.1, 0.15) is 18.5 Å². The number of piperidine rings is 1. The first-order valence-corrected chi connectivity index (χ1v) is 7.71. The van der Waals surface area contributed by atoms with Gasteiger partial charge in [-0.05, 0) is 38.0 Å². The first-order chi connectivity index (χ1) is 10.7. The van der Waals surface area contributed by atoms with E-state index >= 15 is 0 Å². The second-order valence-electron chi connectivity index (χ2n) is 5.69. The van der Waals surface area contributed by atoms with Crippen LogP contribution in [0, 0.1) is 6.92 Å². The number of anilines is 1. The van der Waals surface area contributed by atoms with Gasteiger partial charge < -0.3 is 5.32 Å². The average Bonchev–Trinajstić information content (AvgIpc) is 2.97. The van der Waals surface area contributed by atoms with E-state index in [1.165, 1.54) is 0 Å². The zero-order valence-corrected chi connectivity index (χ0v) is 12.9. The van der Waals surface area contributed by atoms with Crippen LogP contribution in [0.25, 0.3) is 5.82 Å². The van der Waals surface area contributed by atoms with Gasteiger partial charge in [-0.1, -0.05) is 6.08 Å². The lowest BCUT2D eigenvalue weighted by Crippen LogP contribution is -2.39. The van der Waals surface area contributed by atoms with E-state index in [0.717, 1.165) is 49.8 Å². The summed E-state index contributed by atoms with van der Waals surface area (Å²) in [6.45, 7) is 8.93. The van der Waals surface area contributed by atoms with Crippen LogP contribution in [0.15, 0.2) is 37.1 Å². The Kier molecular flexibility index (Phi) is 4.48. The number of likely N-dealkylation sites (tertiary alicyclic amines) is 1. The summed E-state index contributed by atoms with van der Waals surface area (Å²) < 4.78 is 1.74. The number of hydrogen-bond acceptors (Lipinski definition) is 5. The third-order valence-electron chi connectivity index (χ3n) is 3.93. The van der Waals surface area contributed by atoms with Crippen LogP contribution in [0.5, 0.6) is 0 Å². The fraction of sp³-hybridized carbons (Fsp3) is 0.438. The molecule has 0 bridgehead atoms. The van der Waals surface area contributed by atoms with Crippen LogP contribution in [0.2, 0.25) is 0 Å². The van der Waals surface area contributed by atoms with E-state index < -0.39 is 0 Å². The maximum Gasteiger partial charge on any atom is 0.175 e. The maximum absolute atomic E-state index is 4.33. The highest BCUT2D eigenvalue weighted by Gasteiger charge is 2.18. The summed E-state index contributed by atoms with van der Waals surface area (Å²) in [6.07, 6.45) is 6.10. The molecule has 0 aliphatic carbocycles. The van der Waals surface area contributed by atoms with Gasteiger partial charge in [-0.2, -0.15) is 5.10 Å². The summed E-state index contributed by atoms with van der Waals surface area (Å²) in [7, 11) is 0. The van der Waals surface area contributed by atoms with E-state index in [0.29, 0.717) is 6.04 Å².